The van der Waals surface area contributed by atoms with Crippen molar-refractivity contribution in [2.45, 2.75) is 52.6 Å². The van der Waals surface area contributed by atoms with Crippen LogP contribution < -0.4 is 10.2 Å². The smallest absolute Gasteiger partial charge is 0.137 e. The summed E-state index contributed by atoms with van der Waals surface area (Å²) in [5.41, 5.74) is 1.15. The van der Waals surface area contributed by atoms with E-state index in [1.807, 2.05) is 0 Å². The molecule has 1 fully saturated rings. The molecule has 2 heterocycles. The largest absolute Gasteiger partial charge is 0.380 e. The number of rotatable bonds is 7. The lowest BCUT2D eigenvalue weighted by Gasteiger charge is -2.22. The Labute approximate surface area is 128 Å². The summed E-state index contributed by atoms with van der Waals surface area (Å²) < 4.78 is 5.47. The van der Waals surface area contributed by atoms with E-state index in [4.69, 9.17) is 14.7 Å². The number of hydrogen-bond donors (Lipinski definition) is 1. The maximum Gasteiger partial charge on any atom is 0.137 e. The Balaban J connectivity index is 2.27. The lowest BCUT2D eigenvalue weighted by molar-refractivity contribution is 0.121. The van der Waals surface area contributed by atoms with Crippen molar-refractivity contribution in [2.75, 3.05) is 37.0 Å². The molecule has 1 aromatic heterocycles. The molecule has 0 aliphatic carbocycles. The fourth-order valence-electron chi connectivity index (χ4n) is 2.72. The minimum absolute atomic E-state index is 0.320. The van der Waals surface area contributed by atoms with Gasteiger partial charge in [0, 0.05) is 38.7 Å². The molecule has 1 aliphatic rings. The zero-order valence-corrected chi connectivity index (χ0v) is 13.8. The minimum atomic E-state index is 0.320. The first-order valence-electron chi connectivity index (χ1n) is 8.08. The lowest BCUT2D eigenvalue weighted by Crippen LogP contribution is -2.25. The Hall–Kier alpha value is -1.36. The lowest BCUT2D eigenvalue weighted by atomic mass is 10.2. The summed E-state index contributed by atoms with van der Waals surface area (Å²) in [5, 5.41) is 3.44. The first-order chi connectivity index (χ1) is 10.2. The van der Waals surface area contributed by atoms with E-state index in [2.05, 4.69) is 31.0 Å². The Morgan fingerprint density at radius 1 is 1.29 bits per heavy atom. The van der Waals surface area contributed by atoms with Gasteiger partial charge in [0.2, 0.25) is 0 Å². The van der Waals surface area contributed by atoms with Gasteiger partial charge in [-0.1, -0.05) is 13.8 Å². The first-order valence-corrected chi connectivity index (χ1v) is 8.08. The Kier molecular flexibility index (Phi) is 5.79. The van der Waals surface area contributed by atoms with Crippen molar-refractivity contribution in [3.63, 3.8) is 0 Å². The van der Waals surface area contributed by atoms with Crippen LogP contribution in [-0.4, -0.2) is 42.8 Å². The van der Waals surface area contributed by atoms with Crippen LogP contribution in [-0.2, 0) is 11.2 Å². The van der Waals surface area contributed by atoms with E-state index in [1.165, 1.54) is 0 Å². The Morgan fingerprint density at radius 3 is 2.71 bits per heavy atom. The van der Waals surface area contributed by atoms with E-state index in [1.54, 1.807) is 7.11 Å². The number of anilines is 2. The predicted octanol–water partition coefficient (Wildman–Crippen LogP) is 2.78. The third-order valence-electron chi connectivity index (χ3n) is 3.96. The second kappa shape index (κ2) is 7.59. The van der Waals surface area contributed by atoms with E-state index in [9.17, 15) is 0 Å². The summed E-state index contributed by atoms with van der Waals surface area (Å²) in [6.07, 6.45) is 4.48. The topological polar surface area (TPSA) is 50.3 Å². The molecule has 0 bridgehead atoms. The molecular formula is C16H28N4O. The average molecular weight is 292 g/mol. The van der Waals surface area contributed by atoms with E-state index in [0.29, 0.717) is 6.10 Å². The van der Waals surface area contributed by atoms with Gasteiger partial charge in [-0.15, -0.1) is 0 Å². The molecule has 0 amide bonds. The molecule has 1 saturated heterocycles. The zero-order valence-electron chi connectivity index (χ0n) is 13.8. The highest BCUT2D eigenvalue weighted by atomic mass is 16.5. The van der Waals surface area contributed by atoms with Crippen LogP contribution in [0.25, 0.3) is 0 Å². The van der Waals surface area contributed by atoms with Gasteiger partial charge in [-0.25, -0.2) is 9.97 Å². The molecule has 1 aliphatic heterocycles. The number of nitrogens with zero attached hydrogens (tertiary/aromatic N) is 3. The summed E-state index contributed by atoms with van der Waals surface area (Å²) in [5.74, 6) is 3.01. The van der Waals surface area contributed by atoms with Crippen LogP contribution >= 0.6 is 0 Å². The molecule has 1 atom stereocenters. The van der Waals surface area contributed by atoms with Crippen LogP contribution in [0, 0.1) is 6.92 Å². The molecular weight excluding hydrogens is 264 g/mol. The summed E-state index contributed by atoms with van der Waals surface area (Å²) in [6, 6.07) is 0. The van der Waals surface area contributed by atoms with Gasteiger partial charge in [0.25, 0.3) is 0 Å². The molecule has 1 unspecified atom stereocenters. The second-order valence-corrected chi connectivity index (χ2v) is 5.71. The van der Waals surface area contributed by atoms with Gasteiger partial charge in [-0.05, 0) is 26.2 Å². The summed E-state index contributed by atoms with van der Waals surface area (Å²) in [4.78, 5) is 11.8. The quantitative estimate of drug-likeness (QED) is 0.837. The summed E-state index contributed by atoms with van der Waals surface area (Å²) in [6.45, 7) is 9.33. The number of ether oxygens (including phenoxy) is 1. The molecule has 0 radical (unpaired) electrons. The maximum atomic E-state index is 5.47. The number of hydrogen-bond acceptors (Lipinski definition) is 5. The van der Waals surface area contributed by atoms with Crippen LogP contribution in [0.2, 0.25) is 0 Å². The van der Waals surface area contributed by atoms with Crippen LogP contribution in [0.4, 0.5) is 11.6 Å². The van der Waals surface area contributed by atoms with Gasteiger partial charge >= 0.3 is 0 Å². The molecule has 5 heteroatoms. The molecule has 0 spiro atoms. The van der Waals surface area contributed by atoms with Crippen molar-refractivity contribution in [3.8, 4) is 0 Å². The highest BCUT2D eigenvalue weighted by molar-refractivity contribution is 5.59. The predicted molar refractivity (Wildman–Crippen MR) is 87.2 cm³/mol. The fourth-order valence-corrected chi connectivity index (χ4v) is 2.72. The van der Waals surface area contributed by atoms with Crippen molar-refractivity contribution in [1.29, 1.82) is 0 Å². The van der Waals surface area contributed by atoms with Crippen molar-refractivity contribution >= 4 is 11.6 Å². The van der Waals surface area contributed by atoms with E-state index in [0.717, 1.165) is 68.3 Å². The normalized spacial score (nSPS) is 18.3. The average Bonchev–Trinajstić information content (AvgIpc) is 2.96. The second-order valence-electron chi connectivity index (χ2n) is 5.71. The van der Waals surface area contributed by atoms with Crippen molar-refractivity contribution in [1.82, 2.24) is 9.97 Å². The number of aryl methyl sites for hydroxylation is 1. The van der Waals surface area contributed by atoms with Crippen LogP contribution in [0.5, 0.6) is 0 Å². The highest BCUT2D eigenvalue weighted by Gasteiger charge is 2.25. The zero-order chi connectivity index (χ0) is 15.2. The Bertz CT molecular complexity index is 464. The third-order valence-corrected chi connectivity index (χ3v) is 3.96. The van der Waals surface area contributed by atoms with E-state index < -0.39 is 0 Å². The van der Waals surface area contributed by atoms with E-state index in [-0.39, 0.29) is 0 Å². The van der Waals surface area contributed by atoms with Gasteiger partial charge in [0.15, 0.2) is 0 Å². The van der Waals surface area contributed by atoms with Gasteiger partial charge < -0.3 is 15.0 Å². The van der Waals surface area contributed by atoms with E-state index >= 15 is 0 Å². The monoisotopic (exact) mass is 292 g/mol. The molecule has 2 rings (SSSR count). The first kappa shape index (κ1) is 16.0. The standard InChI is InChI=1S/C16H28N4O/c1-5-7-14-18-15(17-9-6-2)12(3)16(19-14)20-10-8-13(11-20)21-4/h13H,5-11H2,1-4H3,(H,17,18,19). The van der Waals surface area contributed by atoms with Gasteiger partial charge in [0.1, 0.15) is 17.5 Å². The molecule has 1 aromatic rings. The number of methoxy groups -OCH3 is 1. The van der Waals surface area contributed by atoms with Crippen LogP contribution in [0.15, 0.2) is 0 Å². The number of nitrogens with one attached hydrogen (secondary N) is 1. The molecule has 0 aromatic carbocycles. The summed E-state index contributed by atoms with van der Waals surface area (Å²) >= 11 is 0. The summed E-state index contributed by atoms with van der Waals surface area (Å²) in [7, 11) is 1.79. The molecule has 0 saturated carbocycles. The fraction of sp³-hybridized carbons (Fsp3) is 0.750. The van der Waals surface area contributed by atoms with Crippen molar-refractivity contribution in [3.05, 3.63) is 11.4 Å². The van der Waals surface area contributed by atoms with Crippen LogP contribution in [0.3, 0.4) is 0 Å². The van der Waals surface area contributed by atoms with Crippen molar-refractivity contribution < 1.29 is 4.74 Å². The molecule has 1 N–H and O–H groups in total. The van der Waals surface area contributed by atoms with Crippen LogP contribution in [0.1, 0.15) is 44.5 Å². The van der Waals surface area contributed by atoms with Crippen molar-refractivity contribution in [2.24, 2.45) is 0 Å². The molecule has 21 heavy (non-hydrogen) atoms. The maximum absolute atomic E-state index is 5.47. The number of aromatic nitrogens is 2. The molecule has 118 valence electrons. The SMILES string of the molecule is CCCNc1nc(CCC)nc(N2CCC(OC)C2)c1C. The van der Waals surface area contributed by atoms with Gasteiger partial charge in [0.05, 0.1) is 6.10 Å². The van der Waals surface area contributed by atoms with Gasteiger partial charge in [-0.2, -0.15) is 0 Å². The van der Waals surface area contributed by atoms with Gasteiger partial charge in [-0.3, -0.25) is 0 Å². The Morgan fingerprint density at radius 2 is 2.10 bits per heavy atom. The molecule has 5 nitrogen and oxygen atoms in total. The highest BCUT2D eigenvalue weighted by Crippen LogP contribution is 2.27. The minimum Gasteiger partial charge on any atom is -0.380 e. The third kappa shape index (κ3) is 3.84.